The Morgan fingerprint density at radius 2 is 2.03 bits per heavy atom. The number of rotatable bonds is 7. The van der Waals surface area contributed by atoms with E-state index in [0.717, 1.165) is 11.8 Å². The molecule has 0 aliphatic heterocycles. The molecule has 0 radical (unpaired) electrons. The van der Waals surface area contributed by atoms with Gasteiger partial charge in [-0.1, -0.05) is 32.0 Å². The summed E-state index contributed by atoms with van der Waals surface area (Å²) < 4.78 is 33.9. The van der Waals surface area contributed by atoms with Gasteiger partial charge in [-0.3, -0.25) is 4.79 Å². The van der Waals surface area contributed by atoms with Crippen LogP contribution in [0.4, 0.5) is 0 Å². The van der Waals surface area contributed by atoms with Gasteiger partial charge in [0.1, 0.15) is 11.4 Å². The molecule has 9 heteroatoms. The standard InChI is InChI=1S/C20H26BNO6S/c1-19(2)14-7-8-20(19,17(23)10-14)12-29(26,27)22-18(21(24)25)9-13-11-28-16-6-4-3-5-15(13)16/h3-6,11,14,18,22,24-25H,7-10,12H2,1-2H3/t14-,18-,20-/m0/s1. The van der Waals surface area contributed by atoms with Crippen molar-refractivity contribution in [3.63, 3.8) is 0 Å². The van der Waals surface area contributed by atoms with Crippen molar-refractivity contribution in [1.29, 1.82) is 0 Å². The van der Waals surface area contributed by atoms with Crippen LogP contribution in [-0.2, 0) is 21.2 Å². The molecule has 0 saturated heterocycles. The van der Waals surface area contributed by atoms with Crippen LogP contribution in [0.15, 0.2) is 34.9 Å². The SMILES string of the molecule is CC1(C)[C@H]2CC[C@]1(CS(=O)(=O)N[C@@H](Cc1coc3ccccc13)B(O)O)C(=O)C2. The van der Waals surface area contributed by atoms with Gasteiger partial charge in [0.2, 0.25) is 10.0 Å². The second-order valence-electron chi connectivity index (χ2n) is 9.02. The van der Waals surface area contributed by atoms with Crippen molar-refractivity contribution in [2.75, 3.05) is 5.75 Å². The van der Waals surface area contributed by atoms with Crippen LogP contribution in [0.25, 0.3) is 11.0 Å². The molecule has 2 aliphatic rings. The number of furan rings is 1. The van der Waals surface area contributed by atoms with Gasteiger partial charge in [0.15, 0.2) is 0 Å². The van der Waals surface area contributed by atoms with Gasteiger partial charge in [-0.15, -0.1) is 0 Å². The summed E-state index contributed by atoms with van der Waals surface area (Å²) in [5.41, 5.74) is 0.0347. The summed E-state index contributed by atoms with van der Waals surface area (Å²) in [5, 5.41) is 20.4. The summed E-state index contributed by atoms with van der Waals surface area (Å²) in [6, 6.07) is 7.28. The van der Waals surface area contributed by atoms with E-state index in [-0.39, 0.29) is 29.3 Å². The maximum atomic E-state index is 13.0. The predicted octanol–water partition coefficient (Wildman–Crippen LogP) is 1.67. The summed E-state index contributed by atoms with van der Waals surface area (Å²) in [6.07, 6.45) is 3.39. The Morgan fingerprint density at radius 1 is 1.31 bits per heavy atom. The average Bonchev–Trinajstić information content (AvgIpc) is 3.20. The number of nitrogens with one attached hydrogen (secondary N) is 1. The molecule has 2 aromatic rings. The Labute approximate surface area is 170 Å². The van der Waals surface area contributed by atoms with Gasteiger partial charge < -0.3 is 14.5 Å². The smallest absolute Gasteiger partial charge is 0.464 e. The van der Waals surface area contributed by atoms with E-state index in [1.165, 1.54) is 6.26 Å². The topological polar surface area (TPSA) is 117 Å². The first-order valence-electron chi connectivity index (χ1n) is 9.90. The number of benzene rings is 1. The first-order chi connectivity index (χ1) is 13.6. The summed E-state index contributed by atoms with van der Waals surface area (Å²) in [5.74, 6) is -1.25. The van der Waals surface area contributed by atoms with E-state index in [1.807, 2.05) is 32.0 Å². The summed E-state index contributed by atoms with van der Waals surface area (Å²) in [7, 11) is -5.82. The molecule has 0 spiro atoms. The van der Waals surface area contributed by atoms with Gasteiger partial charge in [0.25, 0.3) is 0 Å². The average molecular weight is 419 g/mol. The molecule has 156 valence electrons. The van der Waals surface area contributed by atoms with Crippen molar-refractivity contribution < 1.29 is 27.7 Å². The van der Waals surface area contributed by atoms with Crippen LogP contribution >= 0.6 is 0 Å². The van der Waals surface area contributed by atoms with Gasteiger partial charge in [-0.05, 0) is 42.2 Å². The maximum Gasteiger partial charge on any atom is 0.471 e. The summed E-state index contributed by atoms with van der Waals surface area (Å²) >= 11 is 0. The number of carbonyl (C=O) groups excluding carboxylic acids is 1. The maximum absolute atomic E-state index is 13.0. The molecule has 2 saturated carbocycles. The van der Waals surface area contributed by atoms with Crippen LogP contribution in [0.1, 0.15) is 38.7 Å². The van der Waals surface area contributed by atoms with Crippen molar-refractivity contribution in [3.05, 3.63) is 36.1 Å². The molecular formula is C20H26BNO6S. The molecular weight excluding hydrogens is 393 g/mol. The van der Waals surface area contributed by atoms with Crippen LogP contribution in [0, 0.1) is 16.7 Å². The van der Waals surface area contributed by atoms with Crippen LogP contribution in [0.2, 0.25) is 0 Å². The molecule has 1 heterocycles. The molecule has 3 N–H and O–H groups in total. The van der Waals surface area contributed by atoms with E-state index < -0.39 is 28.5 Å². The largest absolute Gasteiger partial charge is 0.471 e. The van der Waals surface area contributed by atoms with E-state index in [4.69, 9.17) is 4.42 Å². The number of fused-ring (bicyclic) bond motifs is 3. The lowest BCUT2D eigenvalue weighted by Crippen LogP contribution is -2.52. The monoisotopic (exact) mass is 419 g/mol. The van der Waals surface area contributed by atoms with Crippen molar-refractivity contribution in [2.45, 2.75) is 45.5 Å². The second kappa shape index (κ2) is 6.94. The molecule has 2 fully saturated rings. The van der Waals surface area contributed by atoms with E-state index in [0.29, 0.717) is 24.0 Å². The molecule has 4 rings (SSSR count). The van der Waals surface area contributed by atoms with Gasteiger partial charge in [-0.25, -0.2) is 13.1 Å². The van der Waals surface area contributed by atoms with Crippen molar-refractivity contribution in [2.24, 2.45) is 16.7 Å². The zero-order valence-corrected chi connectivity index (χ0v) is 17.4. The lowest BCUT2D eigenvalue weighted by molar-refractivity contribution is -0.128. The second-order valence-corrected chi connectivity index (χ2v) is 10.8. The lowest BCUT2D eigenvalue weighted by Gasteiger charge is -2.36. The fourth-order valence-electron chi connectivity index (χ4n) is 5.34. The first kappa shape index (κ1) is 20.6. The zero-order valence-electron chi connectivity index (χ0n) is 16.6. The van der Waals surface area contributed by atoms with E-state index >= 15 is 0 Å². The highest BCUT2D eigenvalue weighted by atomic mass is 32.2. The Hall–Kier alpha value is -1.68. The highest BCUT2D eigenvalue weighted by molar-refractivity contribution is 7.89. The highest BCUT2D eigenvalue weighted by Gasteiger charge is 2.65. The van der Waals surface area contributed by atoms with Crippen molar-refractivity contribution in [3.8, 4) is 0 Å². The van der Waals surface area contributed by atoms with Gasteiger partial charge in [-0.2, -0.15) is 0 Å². The number of hydrogen-bond donors (Lipinski definition) is 3. The fraction of sp³-hybridized carbons (Fsp3) is 0.550. The zero-order chi connectivity index (χ0) is 21.0. The third kappa shape index (κ3) is 3.34. The van der Waals surface area contributed by atoms with Crippen molar-refractivity contribution >= 4 is 33.9 Å². The van der Waals surface area contributed by atoms with Crippen LogP contribution in [0.3, 0.4) is 0 Å². The quantitative estimate of drug-likeness (QED) is 0.588. The number of ketones is 1. The number of hydrogen-bond acceptors (Lipinski definition) is 6. The van der Waals surface area contributed by atoms with Gasteiger partial charge in [0.05, 0.1) is 18.0 Å². The van der Waals surface area contributed by atoms with E-state index in [1.54, 1.807) is 6.07 Å². The molecule has 0 amide bonds. The third-order valence-corrected chi connectivity index (χ3v) is 8.80. The fourth-order valence-corrected chi connectivity index (χ4v) is 7.42. The minimum absolute atomic E-state index is 0.00560. The number of Topliss-reactive ketones (excluding diaryl/α,β-unsaturated/α-hetero) is 1. The van der Waals surface area contributed by atoms with Gasteiger partial charge >= 0.3 is 7.12 Å². The minimum atomic E-state index is -3.93. The Bertz CT molecular complexity index is 1050. The number of carbonyl (C=O) groups is 1. The van der Waals surface area contributed by atoms with Crippen LogP contribution < -0.4 is 4.72 Å². The van der Waals surface area contributed by atoms with E-state index in [9.17, 15) is 23.3 Å². The lowest BCUT2D eigenvalue weighted by atomic mass is 9.70. The van der Waals surface area contributed by atoms with Crippen LogP contribution in [0.5, 0.6) is 0 Å². The Morgan fingerprint density at radius 3 is 2.66 bits per heavy atom. The molecule has 1 aromatic heterocycles. The number of sulfonamides is 1. The molecule has 2 aliphatic carbocycles. The van der Waals surface area contributed by atoms with Crippen LogP contribution in [-0.4, -0.2) is 43.1 Å². The molecule has 1 aromatic carbocycles. The minimum Gasteiger partial charge on any atom is -0.464 e. The summed E-state index contributed by atoms with van der Waals surface area (Å²) in [4.78, 5) is 12.7. The molecule has 2 bridgehead atoms. The summed E-state index contributed by atoms with van der Waals surface area (Å²) in [6.45, 7) is 3.95. The normalized spacial score (nSPS) is 26.9. The van der Waals surface area contributed by atoms with Gasteiger partial charge in [0, 0.05) is 17.2 Å². The number of para-hydroxylation sites is 1. The third-order valence-electron chi connectivity index (χ3n) is 7.27. The highest BCUT2D eigenvalue weighted by Crippen LogP contribution is 2.64. The van der Waals surface area contributed by atoms with Crippen molar-refractivity contribution in [1.82, 2.24) is 4.72 Å². The first-order valence-corrected chi connectivity index (χ1v) is 11.6. The van der Waals surface area contributed by atoms with E-state index in [2.05, 4.69) is 4.72 Å². The molecule has 3 atom stereocenters. The Kier molecular flexibility index (Phi) is 4.93. The molecule has 0 unspecified atom stereocenters. The molecule has 7 nitrogen and oxygen atoms in total. The predicted molar refractivity (Wildman–Crippen MR) is 109 cm³/mol. The molecule has 29 heavy (non-hydrogen) atoms. The Balaban J connectivity index is 1.56.